The molecular formula is C11H11NO2. The summed E-state index contributed by atoms with van der Waals surface area (Å²) in [6.07, 6.45) is 0.236. The van der Waals surface area contributed by atoms with Crippen LogP contribution in [-0.4, -0.2) is 11.1 Å². The van der Waals surface area contributed by atoms with Crippen molar-refractivity contribution in [3.63, 3.8) is 0 Å². The van der Waals surface area contributed by atoms with Crippen molar-refractivity contribution in [1.29, 1.82) is 5.26 Å². The molecule has 0 aliphatic heterocycles. The van der Waals surface area contributed by atoms with E-state index < -0.39 is 11.4 Å². The summed E-state index contributed by atoms with van der Waals surface area (Å²) in [4.78, 5) is 10.8. The minimum absolute atomic E-state index is 0.236. The molecule has 3 nitrogen and oxygen atoms in total. The van der Waals surface area contributed by atoms with Crippen LogP contribution in [-0.2, 0) is 11.2 Å². The summed E-state index contributed by atoms with van der Waals surface area (Å²) in [7, 11) is 0. The van der Waals surface area contributed by atoms with Crippen LogP contribution < -0.4 is 0 Å². The average molecular weight is 189 g/mol. The monoisotopic (exact) mass is 189 g/mol. The van der Waals surface area contributed by atoms with Crippen LogP contribution in [0.15, 0.2) is 30.3 Å². The lowest BCUT2D eigenvalue weighted by atomic mass is 9.85. The zero-order valence-corrected chi connectivity index (χ0v) is 7.90. The Balaban J connectivity index is 2.88. The zero-order valence-electron chi connectivity index (χ0n) is 7.90. The maximum atomic E-state index is 10.8. The van der Waals surface area contributed by atoms with Crippen LogP contribution in [0.5, 0.6) is 0 Å². The van der Waals surface area contributed by atoms with Crippen LogP contribution in [0.25, 0.3) is 0 Å². The Bertz CT molecular complexity index is 367. The fourth-order valence-corrected chi connectivity index (χ4v) is 1.17. The second-order valence-electron chi connectivity index (χ2n) is 3.41. The molecule has 0 saturated heterocycles. The van der Waals surface area contributed by atoms with Gasteiger partial charge in [0.2, 0.25) is 0 Å². The lowest BCUT2D eigenvalue weighted by Gasteiger charge is -2.15. The van der Waals surface area contributed by atoms with E-state index in [4.69, 9.17) is 10.4 Å². The summed E-state index contributed by atoms with van der Waals surface area (Å²) >= 11 is 0. The topological polar surface area (TPSA) is 61.1 Å². The van der Waals surface area contributed by atoms with Gasteiger partial charge in [-0.1, -0.05) is 30.3 Å². The van der Waals surface area contributed by atoms with E-state index in [1.54, 1.807) is 0 Å². The summed E-state index contributed by atoms with van der Waals surface area (Å²) in [5, 5.41) is 17.7. The first-order valence-electron chi connectivity index (χ1n) is 4.27. The number of benzene rings is 1. The molecule has 0 spiro atoms. The first-order valence-corrected chi connectivity index (χ1v) is 4.27. The van der Waals surface area contributed by atoms with Gasteiger partial charge in [-0.25, -0.2) is 0 Å². The van der Waals surface area contributed by atoms with E-state index in [9.17, 15) is 4.79 Å². The second kappa shape index (κ2) is 3.93. The maximum Gasteiger partial charge on any atom is 0.324 e. The van der Waals surface area contributed by atoms with E-state index in [-0.39, 0.29) is 6.42 Å². The molecule has 0 bridgehead atoms. The number of carbonyl (C=O) groups is 1. The van der Waals surface area contributed by atoms with E-state index in [2.05, 4.69) is 0 Å². The molecular weight excluding hydrogens is 178 g/mol. The molecule has 1 rings (SSSR count). The van der Waals surface area contributed by atoms with Crippen molar-refractivity contribution in [2.24, 2.45) is 5.41 Å². The highest BCUT2D eigenvalue weighted by Gasteiger charge is 2.33. The maximum absolute atomic E-state index is 10.8. The van der Waals surface area contributed by atoms with Crippen molar-refractivity contribution in [2.75, 3.05) is 0 Å². The molecule has 0 aromatic heterocycles. The standard InChI is InChI=1S/C11H11NO2/c1-11(8-12,10(13)14)7-9-5-3-2-4-6-9/h2-6H,7H2,1H3,(H,13,14)/t11-/m0/s1. The van der Waals surface area contributed by atoms with Gasteiger partial charge in [0.1, 0.15) is 0 Å². The number of rotatable bonds is 3. The molecule has 72 valence electrons. The van der Waals surface area contributed by atoms with Gasteiger partial charge in [0, 0.05) is 6.42 Å². The van der Waals surface area contributed by atoms with E-state index in [1.165, 1.54) is 6.92 Å². The SMILES string of the molecule is C[C@@](C#N)(Cc1ccccc1)C(=O)O. The molecule has 1 aromatic carbocycles. The van der Waals surface area contributed by atoms with Crippen LogP contribution in [0.4, 0.5) is 0 Å². The van der Waals surface area contributed by atoms with Crippen LogP contribution in [0, 0.1) is 16.7 Å². The molecule has 0 amide bonds. The fourth-order valence-electron chi connectivity index (χ4n) is 1.17. The lowest BCUT2D eigenvalue weighted by Crippen LogP contribution is -2.28. The Hall–Kier alpha value is -1.82. The molecule has 0 heterocycles. The largest absolute Gasteiger partial charge is 0.480 e. The average Bonchev–Trinajstić information content (AvgIpc) is 2.19. The second-order valence-corrected chi connectivity index (χ2v) is 3.41. The van der Waals surface area contributed by atoms with Crippen LogP contribution in [0.2, 0.25) is 0 Å². The summed E-state index contributed by atoms with van der Waals surface area (Å²) in [5.41, 5.74) is -0.472. The van der Waals surface area contributed by atoms with E-state index in [0.29, 0.717) is 0 Å². The molecule has 1 aromatic rings. The van der Waals surface area contributed by atoms with Crippen molar-refractivity contribution in [3.05, 3.63) is 35.9 Å². The molecule has 0 aliphatic rings. The number of hydrogen-bond donors (Lipinski definition) is 1. The Morgan fingerprint density at radius 1 is 1.50 bits per heavy atom. The third kappa shape index (κ3) is 2.11. The first kappa shape index (κ1) is 10.3. The van der Waals surface area contributed by atoms with Gasteiger partial charge in [0.15, 0.2) is 5.41 Å². The molecule has 14 heavy (non-hydrogen) atoms. The number of carboxylic acids is 1. The van der Waals surface area contributed by atoms with Crippen molar-refractivity contribution < 1.29 is 9.90 Å². The molecule has 0 saturated carbocycles. The number of nitriles is 1. The number of hydrogen-bond acceptors (Lipinski definition) is 2. The van der Waals surface area contributed by atoms with Crippen molar-refractivity contribution in [2.45, 2.75) is 13.3 Å². The number of carboxylic acid groups (broad SMARTS) is 1. The lowest BCUT2D eigenvalue weighted by molar-refractivity contribution is -0.144. The summed E-state index contributed by atoms with van der Waals surface area (Å²) in [6.45, 7) is 1.43. The van der Waals surface area contributed by atoms with E-state index >= 15 is 0 Å². The Kier molecular flexibility index (Phi) is 2.88. The number of aliphatic carboxylic acids is 1. The van der Waals surface area contributed by atoms with Gasteiger partial charge >= 0.3 is 5.97 Å². The predicted octanol–water partition coefficient (Wildman–Crippen LogP) is 1.84. The van der Waals surface area contributed by atoms with Crippen molar-refractivity contribution in [1.82, 2.24) is 0 Å². The van der Waals surface area contributed by atoms with Gasteiger partial charge in [-0.15, -0.1) is 0 Å². The molecule has 0 radical (unpaired) electrons. The molecule has 0 fully saturated rings. The minimum Gasteiger partial charge on any atom is -0.480 e. The molecule has 1 atom stereocenters. The van der Waals surface area contributed by atoms with E-state index in [0.717, 1.165) is 5.56 Å². The first-order chi connectivity index (χ1) is 6.58. The Labute approximate surface area is 82.6 Å². The Morgan fingerprint density at radius 3 is 2.50 bits per heavy atom. The van der Waals surface area contributed by atoms with Crippen molar-refractivity contribution >= 4 is 5.97 Å². The van der Waals surface area contributed by atoms with Gasteiger partial charge in [-0.3, -0.25) is 4.79 Å². The van der Waals surface area contributed by atoms with Crippen LogP contribution >= 0.6 is 0 Å². The summed E-state index contributed by atoms with van der Waals surface area (Å²) < 4.78 is 0. The van der Waals surface area contributed by atoms with Gasteiger partial charge in [0.05, 0.1) is 6.07 Å². The zero-order chi connectivity index (χ0) is 10.6. The van der Waals surface area contributed by atoms with Gasteiger partial charge < -0.3 is 5.11 Å². The minimum atomic E-state index is -1.33. The number of nitrogens with zero attached hydrogens (tertiary/aromatic N) is 1. The third-order valence-corrected chi connectivity index (χ3v) is 2.12. The smallest absolute Gasteiger partial charge is 0.324 e. The van der Waals surface area contributed by atoms with Crippen LogP contribution in [0.1, 0.15) is 12.5 Å². The van der Waals surface area contributed by atoms with Gasteiger partial charge in [0.25, 0.3) is 0 Å². The fraction of sp³-hybridized carbons (Fsp3) is 0.273. The van der Waals surface area contributed by atoms with Crippen molar-refractivity contribution in [3.8, 4) is 6.07 Å². The highest BCUT2D eigenvalue weighted by molar-refractivity contribution is 5.77. The predicted molar refractivity (Wildman–Crippen MR) is 51.5 cm³/mol. The van der Waals surface area contributed by atoms with Gasteiger partial charge in [-0.2, -0.15) is 5.26 Å². The quantitative estimate of drug-likeness (QED) is 0.789. The molecule has 0 aliphatic carbocycles. The summed E-state index contributed by atoms with van der Waals surface area (Å²) in [6, 6.07) is 11.0. The van der Waals surface area contributed by atoms with Crippen LogP contribution in [0.3, 0.4) is 0 Å². The van der Waals surface area contributed by atoms with E-state index in [1.807, 2.05) is 36.4 Å². The third-order valence-electron chi connectivity index (χ3n) is 2.12. The normalized spacial score (nSPS) is 14.0. The van der Waals surface area contributed by atoms with Gasteiger partial charge in [-0.05, 0) is 12.5 Å². The highest BCUT2D eigenvalue weighted by atomic mass is 16.4. The molecule has 1 N–H and O–H groups in total. The molecule has 3 heteroatoms. The highest BCUT2D eigenvalue weighted by Crippen LogP contribution is 2.21. The Morgan fingerprint density at radius 2 is 2.07 bits per heavy atom. The molecule has 0 unspecified atom stereocenters. The summed E-state index contributed by atoms with van der Waals surface area (Å²) in [5.74, 6) is -1.08.